The van der Waals surface area contributed by atoms with Crippen LogP contribution in [0.1, 0.15) is 45.7 Å². The topological polar surface area (TPSA) is 91.5 Å². The number of rotatable bonds is 5. The Morgan fingerprint density at radius 2 is 1.87 bits per heavy atom. The molecular weight excluding hydrogens is 380 g/mol. The number of hydrogen-bond donors (Lipinski definition) is 1. The van der Waals surface area contributed by atoms with E-state index in [2.05, 4.69) is 4.98 Å². The highest BCUT2D eigenvalue weighted by atomic mass is 16.5. The van der Waals surface area contributed by atoms with Gasteiger partial charge in [0.1, 0.15) is 18.1 Å². The number of ether oxygens (including phenoxy) is 2. The maximum atomic E-state index is 12.5. The molecule has 0 saturated carbocycles. The third-order valence-electron chi connectivity index (χ3n) is 5.07. The van der Waals surface area contributed by atoms with E-state index in [1.54, 1.807) is 36.5 Å². The summed E-state index contributed by atoms with van der Waals surface area (Å²) in [5, 5.41) is 0. The van der Waals surface area contributed by atoms with E-state index in [-0.39, 0.29) is 5.78 Å². The predicted octanol–water partition coefficient (Wildman–Crippen LogP) is 4.16. The summed E-state index contributed by atoms with van der Waals surface area (Å²) in [6, 6.07) is 16.1. The fourth-order valence-corrected chi connectivity index (χ4v) is 3.32. The Balaban J connectivity index is 1.50. The van der Waals surface area contributed by atoms with Gasteiger partial charge < -0.3 is 15.2 Å². The fraction of sp³-hybridized carbons (Fsp3) is 0.208. The molecule has 1 aromatic heterocycles. The standard InChI is InChI=1S/C24H22N2O4/c1-24(2)14-29-20-13-18(7-8-19(20)22(24)27)30-21-12-16(9-10-26-21)11-15-3-5-17(6-4-15)23(25)28/h3-10,12-13H,11,14H2,1-2H3,(H2,25,28). The maximum absolute atomic E-state index is 12.5. The molecule has 2 aromatic carbocycles. The maximum Gasteiger partial charge on any atom is 0.248 e. The Bertz CT molecular complexity index is 1120. The summed E-state index contributed by atoms with van der Waals surface area (Å²) in [6.07, 6.45) is 2.35. The monoisotopic (exact) mass is 402 g/mol. The van der Waals surface area contributed by atoms with E-state index in [0.29, 0.717) is 41.5 Å². The Kier molecular flexibility index (Phi) is 4.99. The van der Waals surface area contributed by atoms with E-state index < -0.39 is 11.3 Å². The number of ketones is 1. The number of primary amides is 1. The molecule has 0 fully saturated rings. The van der Waals surface area contributed by atoms with Crippen molar-refractivity contribution in [3.05, 3.63) is 83.0 Å². The quantitative estimate of drug-likeness (QED) is 0.692. The minimum absolute atomic E-state index is 0.0674. The van der Waals surface area contributed by atoms with Crippen LogP contribution in [-0.4, -0.2) is 23.3 Å². The summed E-state index contributed by atoms with van der Waals surface area (Å²) in [5.74, 6) is 1.15. The molecule has 0 radical (unpaired) electrons. The lowest BCUT2D eigenvalue weighted by molar-refractivity contribution is 0.0692. The predicted molar refractivity (Wildman–Crippen MR) is 112 cm³/mol. The number of fused-ring (bicyclic) bond motifs is 1. The van der Waals surface area contributed by atoms with Crippen molar-refractivity contribution < 1.29 is 19.1 Å². The second-order valence-electron chi connectivity index (χ2n) is 8.00. The lowest BCUT2D eigenvalue weighted by atomic mass is 9.83. The smallest absolute Gasteiger partial charge is 0.248 e. The summed E-state index contributed by atoms with van der Waals surface area (Å²) in [7, 11) is 0. The van der Waals surface area contributed by atoms with Gasteiger partial charge in [-0.15, -0.1) is 0 Å². The Morgan fingerprint density at radius 3 is 2.60 bits per heavy atom. The number of aromatic nitrogens is 1. The van der Waals surface area contributed by atoms with Gasteiger partial charge in [-0.25, -0.2) is 4.98 Å². The first-order chi connectivity index (χ1) is 14.3. The Labute approximate surface area is 174 Å². The molecule has 1 aliphatic rings. The molecule has 0 bridgehead atoms. The zero-order chi connectivity index (χ0) is 21.3. The fourth-order valence-electron chi connectivity index (χ4n) is 3.32. The number of carbonyl (C=O) groups is 2. The van der Waals surface area contributed by atoms with Gasteiger partial charge in [0, 0.05) is 23.9 Å². The van der Waals surface area contributed by atoms with Crippen molar-refractivity contribution in [2.24, 2.45) is 11.1 Å². The molecule has 4 rings (SSSR count). The van der Waals surface area contributed by atoms with Crippen LogP contribution in [0.25, 0.3) is 0 Å². The van der Waals surface area contributed by atoms with Crippen LogP contribution in [0.2, 0.25) is 0 Å². The number of carbonyl (C=O) groups excluding carboxylic acids is 2. The molecule has 2 N–H and O–H groups in total. The van der Waals surface area contributed by atoms with Crippen molar-refractivity contribution in [2.75, 3.05) is 6.61 Å². The Morgan fingerprint density at radius 1 is 1.10 bits per heavy atom. The van der Waals surface area contributed by atoms with Gasteiger partial charge in [-0.2, -0.15) is 0 Å². The van der Waals surface area contributed by atoms with Crippen molar-refractivity contribution in [3.63, 3.8) is 0 Å². The van der Waals surface area contributed by atoms with Crippen molar-refractivity contribution >= 4 is 11.7 Å². The molecule has 30 heavy (non-hydrogen) atoms. The number of benzene rings is 2. The van der Waals surface area contributed by atoms with Crippen LogP contribution in [0.5, 0.6) is 17.4 Å². The normalized spacial score (nSPS) is 14.5. The zero-order valence-corrected chi connectivity index (χ0v) is 16.8. The molecule has 1 amide bonds. The van der Waals surface area contributed by atoms with E-state index in [1.165, 1.54) is 0 Å². The number of pyridine rings is 1. The van der Waals surface area contributed by atoms with Crippen LogP contribution >= 0.6 is 0 Å². The highest BCUT2D eigenvalue weighted by Gasteiger charge is 2.35. The lowest BCUT2D eigenvalue weighted by Crippen LogP contribution is -2.35. The number of hydrogen-bond acceptors (Lipinski definition) is 5. The average Bonchev–Trinajstić information content (AvgIpc) is 2.72. The van der Waals surface area contributed by atoms with Crippen LogP contribution in [-0.2, 0) is 6.42 Å². The molecule has 0 saturated heterocycles. The first-order valence-corrected chi connectivity index (χ1v) is 9.65. The molecule has 6 heteroatoms. The van der Waals surface area contributed by atoms with Crippen LogP contribution in [0.4, 0.5) is 0 Å². The number of amides is 1. The summed E-state index contributed by atoms with van der Waals surface area (Å²) in [6.45, 7) is 4.09. The van der Waals surface area contributed by atoms with Crippen molar-refractivity contribution in [3.8, 4) is 17.4 Å². The highest BCUT2D eigenvalue weighted by molar-refractivity contribution is 6.03. The van der Waals surface area contributed by atoms with Gasteiger partial charge in [0.05, 0.1) is 11.0 Å². The first kappa shape index (κ1) is 19.6. The number of Topliss-reactive ketones (excluding diaryl/α,β-unsaturated/α-hetero) is 1. The molecule has 0 atom stereocenters. The van der Waals surface area contributed by atoms with Gasteiger partial charge in [0.25, 0.3) is 0 Å². The van der Waals surface area contributed by atoms with E-state index in [9.17, 15) is 9.59 Å². The number of nitrogens with zero attached hydrogens (tertiary/aromatic N) is 1. The molecule has 152 valence electrons. The Hall–Kier alpha value is -3.67. The van der Waals surface area contributed by atoms with Crippen molar-refractivity contribution in [2.45, 2.75) is 20.3 Å². The summed E-state index contributed by atoms with van der Waals surface area (Å²) in [5.41, 5.74) is 7.86. The first-order valence-electron chi connectivity index (χ1n) is 9.65. The van der Waals surface area contributed by atoms with E-state index in [1.807, 2.05) is 38.1 Å². The third kappa shape index (κ3) is 4.03. The number of nitrogens with two attached hydrogens (primary N) is 1. The summed E-state index contributed by atoms with van der Waals surface area (Å²) < 4.78 is 11.7. The minimum Gasteiger partial charge on any atom is -0.492 e. The van der Waals surface area contributed by atoms with Crippen LogP contribution in [0.3, 0.4) is 0 Å². The van der Waals surface area contributed by atoms with E-state index in [4.69, 9.17) is 15.2 Å². The van der Waals surface area contributed by atoms with E-state index >= 15 is 0 Å². The zero-order valence-electron chi connectivity index (χ0n) is 16.8. The third-order valence-corrected chi connectivity index (χ3v) is 5.07. The van der Waals surface area contributed by atoms with Crippen molar-refractivity contribution in [1.82, 2.24) is 4.98 Å². The van der Waals surface area contributed by atoms with Gasteiger partial charge >= 0.3 is 0 Å². The second-order valence-corrected chi connectivity index (χ2v) is 8.00. The van der Waals surface area contributed by atoms with Crippen LogP contribution in [0, 0.1) is 5.41 Å². The van der Waals surface area contributed by atoms with Gasteiger partial charge in [-0.05, 0) is 61.7 Å². The molecule has 0 aliphatic carbocycles. The summed E-state index contributed by atoms with van der Waals surface area (Å²) >= 11 is 0. The molecule has 0 spiro atoms. The SMILES string of the molecule is CC1(C)COc2cc(Oc3cc(Cc4ccc(C(N)=O)cc4)ccn3)ccc2C1=O. The van der Waals surface area contributed by atoms with Gasteiger partial charge in [-0.1, -0.05) is 12.1 Å². The van der Waals surface area contributed by atoms with Gasteiger partial charge in [0.2, 0.25) is 11.8 Å². The largest absolute Gasteiger partial charge is 0.492 e. The van der Waals surface area contributed by atoms with Gasteiger partial charge in [-0.3, -0.25) is 9.59 Å². The lowest BCUT2D eigenvalue weighted by Gasteiger charge is -2.29. The molecule has 6 nitrogen and oxygen atoms in total. The average molecular weight is 402 g/mol. The van der Waals surface area contributed by atoms with Crippen LogP contribution in [0.15, 0.2) is 60.8 Å². The second kappa shape index (κ2) is 7.63. The molecule has 1 aliphatic heterocycles. The van der Waals surface area contributed by atoms with Crippen LogP contribution < -0.4 is 15.2 Å². The minimum atomic E-state index is -0.527. The molecular formula is C24H22N2O4. The van der Waals surface area contributed by atoms with E-state index in [0.717, 1.165) is 11.1 Å². The van der Waals surface area contributed by atoms with Crippen molar-refractivity contribution in [1.29, 1.82) is 0 Å². The van der Waals surface area contributed by atoms with Gasteiger partial charge in [0.15, 0.2) is 5.78 Å². The molecule has 3 aromatic rings. The molecule has 2 heterocycles. The summed E-state index contributed by atoms with van der Waals surface area (Å²) in [4.78, 5) is 28.0. The molecule has 0 unspecified atom stereocenters. The highest BCUT2D eigenvalue weighted by Crippen LogP contribution is 2.37.